The van der Waals surface area contributed by atoms with E-state index in [1.54, 1.807) is 6.20 Å². The number of nitrogens with one attached hydrogen (secondary N) is 2. The second kappa shape index (κ2) is 6.68. The van der Waals surface area contributed by atoms with E-state index in [0.717, 1.165) is 6.54 Å². The molecule has 1 aliphatic rings. The van der Waals surface area contributed by atoms with Gasteiger partial charge in [-0.2, -0.15) is 5.10 Å². The molecule has 1 saturated heterocycles. The molecule has 0 spiro atoms. The molecule has 0 bridgehead atoms. The summed E-state index contributed by atoms with van der Waals surface area (Å²) >= 11 is 0. The van der Waals surface area contributed by atoms with E-state index < -0.39 is 0 Å². The first-order valence-electron chi connectivity index (χ1n) is 6.79. The van der Waals surface area contributed by atoms with Crippen molar-refractivity contribution in [3.63, 3.8) is 0 Å². The van der Waals surface area contributed by atoms with Crippen LogP contribution in [-0.4, -0.2) is 47.5 Å². The van der Waals surface area contributed by atoms with E-state index in [1.165, 1.54) is 0 Å². The molecule has 1 aromatic heterocycles. The minimum atomic E-state index is -0.0972. The van der Waals surface area contributed by atoms with Crippen LogP contribution in [0.2, 0.25) is 0 Å². The van der Waals surface area contributed by atoms with Gasteiger partial charge in [0.25, 0.3) is 0 Å². The molecular formula is C13H22N4O2. The Balaban J connectivity index is 1.82. The Labute approximate surface area is 113 Å². The van der Waals surface area contributed by atoms with Gasteiger partial charge < -0.3 is 15.4 Å². The van der Waals surface area contributed by atoms with Gasteiger partial charge in [-0.05, 0) is 19.5 Å². The fraction of sp³-hybridized carbons (Fsp3) is 0.692. The van der Waals surface area contributed by atoms with Crippen molar-refractivity contribution in [2.45, 2.75) is 32.5 Å². The number of carbonyl (C=O) groups is 1. The summed E-state index contributed by atoms with van der Waals surface area (Å²) in [6, 6.07) is 2.05. The Morgan fingerprint density at radius 2 is 2.42 bits per heavy atom. The van der Waals surface area contributed by atoms with E-state index >= 15 is 0 Å². The molecule has 3 atom stereocenters. The standard InChI is InChI=1S/C13H22N4O2/c1-3-14-12-9-19-8-11(12)13(18)16-10(2)7-17-6-4-5-15-17/h4-6,10-12,14H,3,7-9H2,1-2H3,(H,16,18). The molecule has 1 aliphatic heterocycles. The smallest absolute Gasteiger partial charge is 0.227 e. The molecule has 1 amide bonds. The fourth-order valence-electron chi connectivity index (χ4n) is 2.36. The number of likely N-dealkylation sites (N-methyl/N-ethyl adjacent to an activating group) is 1. The van der Waals surface area contributed by atoms with Crippen LogP contribution in [0, 0.1) is 5.92 Å². The van der Waals surface area contributed by atoms with Gasteiger partial charge in [0.15, 0.2) is 0 Å². The van der Waals surface area contributed by atoms with Gasteiger partial charge in [-0.15, -0.1) is 0 Å². The second-order valence-corrected chi connectivity index (χ2v) is 4.95. The van der Waals surface area contributed by atoms with E-state index in [4.69, 9.17) is 4.74 Å². The van der Waals surface area contributed by atoms with Gasteiger partial charge in [-0.3, -0.25) is 9.48 Å². The molecule has 19 heavy (non-hydrogen) atoms. The minimum Gasteiger partial charge on any atom is -0.379 e. The van der Waals surface area contributed by atoms with Crippen molar-refractivity contribution in [2.75, 3.05) is 19.8 Å². The number of carbonyl (C=O) groups excluding carboxylic acids is 1. The maximum Gasteiger partial charge on any atom is 0.227 e. The number of ether oxygens (including phenoxy) is 1. The van der Waals surface area contributed by atoms with Crippen molar-refractivity contribution in [3.05, 3.63) is 18.5 Å². The molecule has 2 rings (SSSR count). The van der Waals surface area contributed by atoms with Crippen LogP contribution in [0.5, 0.6) is 0 Å². The van der Waals surface area contributed by atoms with Crippen molar-refractivity contribution in [3.8, 4) is 0 Å². The number of nitrogens with zero attached hydrogens (tertiary/aromatic N) is 2. The topological polar surface area (TPSA) is 68.2 Å². The molecule has 6 heteroatoms. The Morgan fingerprint density at radius 1 is 1.58 bits per heavy atom. The zero-order valence-electron chi connectivity index (χ0n) is 11.5. The molecule has 3 unspecified atom stereocenters. The maximum atomic E-state index is 12.2. The van der Waals surface area contributed by atoms with Crippen LogP contribution in [0.15, 0.2) is 18.5 Å². The van der Waals surface area contributed by atoms with E-state index in [9.17, 15) is 4.79 Å². The van der Waals surface area contributed by atoms with Crippen LogP contribution in [0.25, 0.3) is 0 Å². The number of hydrogen-bond acceptors (Lipinski definition) is 4. The van der Waals surface area contributed by atoms with E-state index in [0.29, 0.717) is 19.8 Å². The zero-order chi connectivity index (χ0) is 13.7. The average molecular weight is 266 g/mol. The van der Waals surface area contributed by atoms with Crippen LogP contribution >= 0.6 is 0 Å². The average Bonchev–Trinajstić information content (AvgIpc) is 3.00. The number of aromatic nitrogens is 2. The highest BCUT2D eigenvalue weighted by Gasteiger charge is 2.33. The van der Waals surface area contributed by atoms with Crippen LogP contribution in [0.4, 0.5) is 0 Å². The van der Waals surface area contributed by atoms with Gasteiger partial charge in [-0.25, -0.2) is 0 Å². The Bertz CT molecular complexity index is 393. The van der Waals surface area contributed by atoms with Gasteiger partial charge in [0.05, 0.1) is 25.7 Å². The molecular weight excluding hydrogens is 244 g/mol. The van der Waals surface area contributed by atoms with Crippen LogP contribution in [0.3, 0.4) is 0 Å². The highest BCUT2D eigenvalue weighted by molar-refractivity contribution is 5.80. The van der Waals surface area contributed by atoms with Gasteiger partial charge >= 0.3 is 0 Å². The van der Waals surface area contributed by atoms with E-state index in [1.807, 2.05) is 30.8 Å². The maximum absolute atomic E-state index is 12.2. The number of rotatable bonds is 6. The first-order chi connectivity index (χ1) is 9.20. The van der Waals surface area contributed by atoms with Gasteiger partial charge in [0, 0.05) is 24.5 Å². The minimum absolute atomic E-state index is 0.0512. The second-order valence-electron chi connectivity index (χ2n) is 4.95. The first-order valence-corrected chi connectivity index (χ1v) is 6.79. The lowest BCUT2D eigenvalue weighted by atomic mass is 10.0. The summed E-state index contributed by atoms with van der Waals surface area (Å²) in [7, 11) is 0. The van der Waals surface area contributed by atoms with Gasteiger partial charge in [-0.1, -0.05) is 6.92 Å². The third-order valence-corrected chi connectivity index (χ3v) is 3.29. The molecule has 0 saturated carbocycles. The molecule has 106 valence electrons. The largest absolute Gasteiger partial charge is 0.379 e. The molecule has 2 heterocycles. The summed E-state index contributed by atoms with van der Waals surface area (Å²) in [5.41, 5.74) is 0. The van der Waals surface area contributed by atoms with Crippen molar-refractivity contribution < 1.29 is 9.53 Å². The number of amides is 1. The molecule has 2 N–H and O–H groups in total. The van der Waals surface area contributed by atoms with Crippen molar-refractivity contribution in [2.24, 2.45) is 5.92 Å². The lowest BCUT2D eigenvalue weighted by Crippen LogP contribution is -2.47. The van der Waals surface area contributed by atoms with Crippen LogP contribution in [0.1, 0.15) is 13.8 Å². The van der Waals surface area contributed by atoms with Crippen molar-refractivity contribution in [1.29, 1.82) is 0 Å². The summed E-state index contributed by atoms with van der Waals surface area (Å²) in [5.74, 6) is -0.0388. The van der Waals surface area contributed by atoms with E-state index in [2.05, 4.69) is 15.7 Å². The van der Waals surface area contributed by atoms with Crippen molar-refractivity contribution in [1.82, 2.24) is 20.4 Å². The Morgan fingerprint density at radius 3 is 3.11 bits per heavy atom. The SMILES string of the molecule is CCNC1COCC1C(=O)NC(C)Cn1cccn1. The lowest BCUT2D eigenvalue weighted by molar-refractivity contribution is -0.126. The fourth-order valence-corrected chi connectivity index (χ4v) is 2.36. The monoisotopic (exact) mass is 266 g/mol. The third-order valence-electron chi connectivity index (χ3n) is 3.29. The van der Waals surface area contributed by atoms with Gasteiger partial charge in [0.1, 0.15) is 0 Å². The predicted octanol–water partition coefficient (Wildman–Crippen LogP) is 0.0123. The normalized spacial score (nSPS) is 24.3. The highest BCUT2D eigenvalue weighted by atomic mass is 16.5. The molecule has 0 aliphatic carbocycles. The lowest BCUT2D eigenvalue weighted by Gasteiger charge is -2.21. The summed E-state index contributed by atoms with van der Waals surface area (Å²) in [5, 5.41) is 10.5. The third kappa shape index (κ3) is 3.78. The Hall–Kier alpha value is -1.40. The molecule has 1 aromatic rings. The Kier molecular flexibility index (Phi) is 4.93. The quantitative estimate of drug-likeness (QED) is 0.761. The summed E-state index contributed by atoms with van der Waals surface area (Å²) in [6.45, 7) is 6.65. The first kappa shape index (κ1) is 14.0. The highest BCUT2D eigenvalue weighted by Crippen LogP contribution is 2.14. The molecule has 1 fully saturated rings. The predicted molar refractivity (Wildman–Crippen MR) is 71.6 cm³/mol. The van der Waals surface area contributed by atoms with E-state index in [-0.39, 0.29) is 23.9 Å². The van der Waals surface area contributed by atoms with Crippen LogP contribution in [-0.2, 0) is 16.1 Å². The molecule has 0 aromatic carbocycles. The van der Waals surface area contributed by atoms with Crippen LogP contribution < -0.4 is 10.6 Å². The summed E-state index contributed by atoms with van der Waals surface area (Å²) in [4.78, 5) is 12.2. The van der Waals surface area contributed by atoms with Gasteiger partial charge in [0.2, 0.25) is 5.91 Å². The van der Waals surface area contributed by atoms with Crippen molar-refractivity contribution >= 4 is 5.91 Å². The summed E-state index contributed by atoms with van der Waals surface area (Å²) in [6.07, 6.45) is 3.63. The number of hydrogen-bond donors (Lipinski definition) is 2. The molecule has 6 nitrogen and oxygen atoms in total. The summed E-state index contributed by atoms with van der Waals surface area (Å²) < 4.78 is 7.21. The molecule has 0 radical (unpaired) electrons. The zero-order valence-corrected chi connectivity index (χ0v) is 11.5.